The summed E-state index contributed by atoms with van der Waals surface area (Å²) in [6.07, 6.45) is 1.90. The Morgan fingerprint density at radius 3 is 2.10 bits per heavy atom. The fourth-order valence-electron chi connectivity index (χ4n) is 4.12. The van der Waals surface area contributed by atoms with Gasteiger partial charge in [0.2, 0.25) is 5.91 Å². The molecule has 0 saturated carbocycles. The summed E-state index contributed by atoms with van der Waals surface area (Å²) in [6, 6.07) is 14.6. The van der Waals surface area contributed by atoms with Crippen LogP contribution < -0.4 is 19.3 Å². The van der Waals surface area contributed by atoms with E-state index < -0.39 is 0 Å². The van der Waals surface area contributed by atoms with E-state index in [0.717, 1.165) is 38.2 Å². The summed E-state index contributed by atoms with van der Waals surface area (Å²) in [5.74, 6) is 1.36. The first-order valence-corrected chi connectivity index (χ1v) is 10.4. The average Bonchev–Trinajstić information content (AvgIpc) is 2.75. The van der Waals surface area contributed by atoms with Crippen LogP contribution in [-0.2, 0) is 11.3 Å². The molecule has 1 heterocycles. The van der Waals surface area contributed by atoms with Crippen LogP contribution in [0.3, 0.4) is 0 Å². The molecule has 30 heavy (non-hydrogen) atoms. The van der Waals surface area contributed by atoms with Gasteiger partial charge in [-0.15, -0.1) is 0 Å². The highest BCUT2D eigenvalue weighted by Crippen LogP contribution is 2.34. The smallest absolute Gasteiger partial charge is 0.224 e. The SMILES string of the molecule is COc1ccc(N(C(C)=O)C2CCN(Cc3ccc(N(C)C)cc3)CC2)cc1OC. The molecule has 6 heteroatoms. The van der Waals surface area contributed by atoms with Gasteiger partial charge in [0, 0.05) is 64.1 Å². The van der Waals surface area contributed by atoms with Gasteiger partial charge in [-0.25, -0.2) is 0 Å². The number of benzene rings is 2. The quantitative estimate of drug-likeness (QED) is 0.694. The van der Waals surface area contributed by atoms with Crippen molar-refractivity contribution in [2.75, 3.05) is 51.2 Å². The van der Waals surface area contributed by atoms with Crippen LogP contribution in [0.4, 0.5) is 11.4 Å². The van der Waals surface area contributed by atoms with Crippen LogP contribution >= 0.6 is 0 Å². The maximum absolute atomic E-state index is 12.5. The molecular weight excluding hydrogens is 378 g/mol. The predicted octanol–water partition coefficient (Wildman–Crippen LogP) is 3.79. The first kappa shape index (κ1) is 22.0. The van der Waals surface area contributed by atoms with Gasteiger partial charge in [-0.05, 0) is 42.7 Å². The summed E-state index contributed by atoms with van der Waals surface area (Å²) in [7, 11) is 7.34. The molecule has 1 saturated heterocycles. The number of amides is 1. The van der Waals surface area contributed by atoms with Crippen molar-refractivity contribution in [2.24, 2.45) is 0 Å². The number of piperidine rings is 1. The lowest BCUT2D eigenvalue weighted by molar-refractivity contribution is -0.117. The van der Waals surface area contributed by atoms with Gasteiger partial charge in [-0.1, -0.05) is 12.1 Å². The van der Waals surface area contributed by atoms with E-state index in [1.807, 2.05) is 23.1 Å². The van der Waals surface area contributed by atoms with Crippen LogP contribution in [0.2, 0.25) is 0 Å². The molecule has 0 unspecified atom stereocenters. The maximum atomic E-state index is 12.5. The third-order valence-electron chi connectivity index (χ3n) is 5.77. The summed E-state index contributed by atoms with van der Waals surface area (Å²) in [5.41, 5.74) is 3.39. The molecule has 0 radical (unpaired) electrons. The zero-order chi connectivity index (χ0) is 21.7. The van der Waals surface area contributed by atoms with Gasteiger partial charge >= 0.3 is 0 Å². The highest BCUT2D eigenvalue weighted by atomic mass is 16.5. The van der Waals surface area contributed by atoms with Gasteiger partial charge in [0.25, 0.3) is 0 Å². The number of rotatable bonds is 7. The Kier molecular flexibility index (Phi) is 7.21. The number of hydrogen-bond donors (Lipinski definition) is 0. The summed E-state index contributed by atoms with van der Waals surface area (Å²) in [5, 5.41) is 0. The molecule has 1 fully saturated rings. The van der Waals surface area contributed by atoms with Crippen LogP contribution in [0.1, 0.15) is 25.3 Å². The minimum Gasteiger partial charge on any atom is -0.493 e. The standard InChI is InChI=1S/C24H33N3O3/c1-18(28)27(22-10-11-23(29-4)24(16-22)30-5)21-12-14-26(15-13-21)17-19-6-8-20(9-7-19)25(2)3/h6-11,16,21H,12-15,17H2,1-5H3. The summed E-state index contributed by atoms with van der Waals surface area (Å²) < 4.78 is 10.8. The summed E-state index contributed by atoms with van der Waals surface area (Å²) in [4.78, 5) is 19.0. The number of hydrogen-bond acceptors (Lipinski definition) is 5. The van der Waals surface area contributed by atoms with E-state index in [0.29, 0.717) is 11.5 Å². The van der Waals surface area contributed by atoms with Gasteiger partial charge in [0.15, 0.2) is 11.5 Å². The van der Waals surface area contributed by atoms with E-state index in [-0.39, 0.29) is 11.9 Å². The van der Waals surface area contributed by atoms with Crippen molar-refractivity contribution >= 4 is 17.3 Å². The van der Waals surface area contributed by atoms with E-state index in [9.17, 15) is 4.79 Å². The lowest BCUT2D eigenvalue weighted by Crippen LogP contribution is -2.46. The Morgan fingerprint density at radius 1 is 0.967 bits per heavy atom. The Hall–Kier alpha value is -2.73. The summed E-state index contributed by atoms with van der Waals surface area (Å²) >= 11 is 0. The third-order valence-corrected chi connectivity index (χ3v) is 5.77. The molecule has 2 aromatic carbocycles. The van der Waals surface area contributed by atoms with Gasteiger partial charge < -0.3 is 19.3 Å². The molecule has 1 amide bonds. The number of ether oxygens (including phenoxy) is 2. The first-order chi connectivity index (χ1) is 14.4. The molecule has 0 bridgehead atoms. The summed E-state index contributed by atoms with van der Waals surface area (Å²) in [6.45, 7) is 4.51. The van der Waals surface area contributed by atoms with Gasteiger partial charge in [0.05, 0.1) is 14.2 Å². The predicted molar refractivity (Wildman–Crippen MR) is 122 cm³/mol. The normalized spacial score (nSPS) is 15.0. The number of anilines is 2. The molecule has 6 nitrogen and oxygen atoms in total. The van der Waals surface area contributed by atoms with Crippen LogP contribution in [0.25, 0.3) is 0 Å². The van der Waals surface area contributed by atoms with Crippen molar-refractivity contribution in [2.45, 2.75) is 32.4 Å². The number of carbonyl (C=O) groups excluding carboxylic acids is 1. The van der Waals surface area contributed by atoms with Crippen molar-refractivity contribution in [1.29, 1.82) is 0 Å². The van der Waals surface area contributed by atoms with E-state index in [4.69, 9.17) is 9.47 Å². The molecule has 0 aliphatic carbocycles. The molecule has 3 rings (SSSR count). The second-order valence-electron chi connectivity index (χ2n) is 8.00. The second-order valence-corrected chi connectivity index (χ2v) is 8.00. The van der Waals surface area contributed by atoms with Gasteiger partial charge in [-0.3, -0.25) is 9.69 Å². The van der Waals surface area contributed by atoms with Gasteiger partial charge in [0.1, 0.15) is 0 Å². The molecule has 1 aliphatic rings. The molecule has 0 spiro atoms. The van der Waals surface area contributed by atoms with E-state index in [1.54, 1.807) is 21.1 Å². The molecule has 2 aromatic rings. The largest absolute Gasteiger partial charge is 0.493 e. The van der Waals surface area contributed by atoms with Crippen LogP contribution in [-0.4, -0.2) is 58.3 Å². The molecule has 0 N–H and O–H groups in total. The van der Waals surface area contributed by atoms with Crippen molar-refractivity contribution < 1.29 is 14.3 Å². The molecule has 1 aliphatic heterocycles. The van der Waals surface area contributed by atoms with Crippen molar-refractivity contribution in [3.05, 3.63) is 48.0 Å². The number of likely N-dealkylation sites (tertiary alicyclic amines) is 1. The minimum absolute atomic E-state index is 0.0555. The van der Waals surface area contributed by atoms with E-state index >= 15 is 0 Å². The van der Waals surface area contributed by atoms with Crippen molar-refractivity contribution in [3.63, 3.8) is 0 Å². The lowest BCUT2D eigenvalue weighted by atomic mass is 10.0. The molecule has 162 valence electrons. The molecular formula is C24H33N3O3. The first-order valence-electron chi connectivity index (χ1n) is 10.4. The van der Waals surface area contributed by atoms with Gasteiger partial charge in [-0.2, -0.15) is 0 Å². The van der Waals surface area contributed by atoms with Crippen molar-refractivity contribution in [1.82, 2.24) is 4.90 Å². The molecule has 0 atom stereocenters. The van der Waals surface area contributed by atoms with Crippen LogP contribution in [0.5, 0.6) is 11.5 Å². The highest BCUT2D eigenvalue weighted by molar-refractivity contribution is 5.92. The Labute approximate surface area is 180 Å². The zero-order valence-electron chi connectivity index (χ0n) is 18.7. The average molecular weight is 412 g/mol. The molecule has 0 aromatic heterocycles. The number of carbonyl (C=O) groups is 1. The fraction of sp³-hybridized carbons (Fsp3) is 0.458. The maximum Gasteiger partial charge on any atom is 0.224 e. The minimum atomic E-state index is 0.0555. The zero-order valence-corrected chi connectivity index (χ0v) is 18.7. The Balaban J connectivity index is 1.65. The van der Waals surface area contributed by atoms with E-state index in [2.05, 4.69) is 48.2 Å². The fourth-order valence-corrected chi connectivity index (χ4v) is 4.12. The topological polar surface area (TPSA) is 45.2 Å². The number of nitrogens with zero attached hydrogens (tertiary/aromatic N) is 3. The lowest BCUT2D eigenvalue weighted by Gasteiger charge is -2.38. The van der Waals surface area contributed by atoms with Crippen LogP contribution in [0.15, 0.2) is 42.5 Å². The Morgan fingerprint density at radius 2 is 1.57 bits per heavy atom. The third kappa shape index (κ3) is 5.05. The highest BCUT2D eigenvalue weighted by Gasteiger charge is 2.28. The second kappa shape index (κ2) is 9.85. The Bertz CT molecular complexity index is 843. The monoisotopic (exact) mass is 411 g/mol. The van der Waals surface area contributed by atoms with E-state index in [1.165, 1.54) is 11.3 Å². The van der Waals surface area contributed by atoms with Crippen LogP contribution in [0, 0.1) is 0 Å². The number of methoxy groups -OCH3 is 2. The van der Waals surface area contributed by atoms with Crippen molar-refractivity contribution in [3.8, 4) is 11.5 Å².